The van der Waals surface area contributed by atoms with Crippen molar-refractivity contribution in [2.75, 3.05) is 0 Å². The van der Waals surface area contributed by atoms with Crippen LogP contribution in [-0.2, 0) is 0 Å². The number of hydrogen-bond acceptors (Lipinski definition) is 1. The van der Waals surface area contributed by atoms with Gasteiger partial charge in [0.2, 0.25) is 0 Å². The topological polar surface area (TPSA) is 13.1 Å². The number of furan rings is 1. The number of benzene rings is 3. The van der Waals surface area contributed by atoms with Gasteiger partial charge in [0, 0.05) is 10.8 Å². The van der Waals surface area contributed by atoms with Gasteiger partial charge in [0.1, 0.15) is 5.58 Å². The van der Waals surface area contributed by atoms with Crippen LogP contribution in [0, 0.1) is 0 Å². The van der Waals surface area contributed by atoms with E-state index in [9.17, 15) is 0 Å². The largest absolute Gasteiger partial charge is 0.464 e. The van der Waals surface area contributed by atoms with E-state index in [1.54, 1.807) is 6.26 Å². The highest BCUT2D eigenvalue weighted by Gasteiger charge is 2.10. The van der Waals surface area contributed by atoms with Gasteiger partial charge in [-0.2, -0.15) is 0 Å². The number of rotatable bonds is 1. The zero-order chi connectivity index (χ0) is 12.7. The first-order chi connectivity index (χ1) is 9.43. The Balaban J connectivity index is 2.17. The first kappa shape index (κ1) is 10.4. The van der Waals surface area contributed by atoms with Gasteiger partial charge in [-0.1, -0.05) is 54.6 Å². The Hall–Kier alpha value is -2.54. The molecule has 3 aromatic carbocycles. The van der Waals surface area contributed by atoms with Gasteiger partial charge in [0.05, 0.1) is 6.26 Å². The van der Waals surface area contributed by atoms with Crippen LogP contribution >= 0.6 is 0 Å². The minimum atomic E-state index is 0.969. The minimum Gasteiger partial charge on any atom is -0.464 e. The van der Waals surface area contributed by atoms with Gasteiger partial charge in [-0.05, 0) is 28.6 Å². The predicted octanol–water partition coefficient (Wildman–Crippen LogP) is 5.25. The van der Waals surface area contributed by atoms with Gasteiger partial charge in [-0.15, -0.1) is 0 Å². The Morgan fingerprint density at radius 2 is 1.47 bits per heavy atom. The summed E-state index contributed by atoms with van der Waals surface area (Å²) in [7, 11) is 0. The molecule has 1 heteroatoms. The molecule has 0 amide bonds. The highest BCUT2D eigenvalue weighted by atomic mass is 16.3. The Kier molecular flexibility index (Phi) is 2.18. The van der Waals surface area contributed by atoms with Crippen molar-refractivity contribution in [3.63, 3.8) is 0 Å². The fraction of sp³-hybridized carbons (Fsp3) is 0. The van der Waals surface area contributed by atoms with Gasteiger partial charge < -0.3 is 4.42 Å². The molecule has 4 rings (SSSR count). The lowest BCUT2D eigenvalue weighted by molar-refractivity contribution is 0.619. The van der Waals surface area contributed by atoms with E-state index < -0.39 is 0 Å². The SMILES string of the molecule is c1ccc(-c2cc3ccccc3c3occc23)cc1. The smallest absolute Gasteiger partial charge is 0.142 e. The van der Waals surface area contributed by atoms with Crippen LogP contribution in [0.1, 0.15) is 0 Å². The standard InChI is InChI=1S/C18H12O/c1-2-6-13(7-3-1)17-12-14-8-4-5-9-15(14)18-16(17)10-11-19-18/h1-12H. The number of hydrogen-bond donors (Lipinski definition) is 0. The molecule has 0 fully saturated rings. The fourth-order valence-corrected chi connectivity index (χ4v) is 2.65. The summed E-state index contributed by atoms with van der Waals surface area (Å²) >= 11 is 0. The molecule has 0 aliphatic heterocycles. The quantitative estimate of drug-likeness (QED) is 0.445. The number of fused-ring (bicyclic) bond motifs is 3. The highest BCUT2D eigenvalue weighted by Crippen LogP contribution is 2.35. The summed E-state index contributed by atoms with van der Waals surface area (Å²) in [5, 5.41) is 3.55. The van der Waals surface area contributed by atoms with Gasteiger partial charge in [0.15, 0.2) is 0 Å². The molecule has 1 nitrogen and oxygen atoms in total. The van der Waals surface area contributed by atoms with Crippen LogP contribution in [-0.4, -0.2) is 0 Å². The lowest BCUT2D eigenvalue weighted by atomic mass is 9.97. The molecule has 0 spiro atoms. The minimum absolute atomic E-state index is 0.969. The van der Waals surface area contributed by atoms with Crippen LogP contribution in [0.4, 0.5) is 0 Å². The molecule has 0 aliphatic carbocycles. The molecular weight excluding hydrogens is 232 g/mol. The second kappa shape index (κ2) is 3.99. The molecule has 1 heterocycles. The molecule has 0 N–H and O–H groups in total. The Bertz CT molecular complexity index is 857. The molecule has 0 aliphatic rings. The molecule has 4 aromatic rings. The van der Waals surface area contributed by atoms with E-state index in [2.05, 4.69) is 48.5 Å². The molecular formula is C18H12O. The average Bonchev–Trinajstić information content (AvgIpc) is 2.97. The summed E-state index contributed by atoms with van der Waals surface area (Å²) in [5.41, 5.74) is 3.42. The summed E-state index contributed by atoms with van der Waals surface area (Å²) in [6, 6.07) is 23.1. The molecule has 19 heavy (non-hydrogen) atoms. The molecule has 0 unspecified atom stereocenters. The van der Waals surface area contributed by atoms with Crippen LogP contribution in [0.3, 0.4) is 0 Å². The van der Waals surface area contributed by atoms with Crippen LogP contribution in [0.2, 0.25) is 0 Å². The Labute approximate surface area is 111 Å². The average molecular weight is 244 g/mol. The van der Waals surface area contributed by atoms with Crippen molar-refractivity contribution >= 4 is 21.7 Å². The second-order valence-corrected chi connectivity index (χ2v) is 4.67. The van der Waals surface area contributed by atoms with E-state index in [-0.39, 0.29) is 0 Å². The van der Waals surface area contributed by atoms with Gasteiger partial charge in [0.25, 0.3) is 0 Å². The molecule has 0 saturated heterocycles. The summed E-state index contributed by atoms with van der Waals surface area (Å²) in [5.74, 6) is 0. The van der Waals surface area contributed by atoms with Crippen LogP contribution in [0.15, 0.2) is 77.4 Å². The lowest BCUT2D eigenvalue weighted by Crippen LogP contribution is -1.81. The maximum atomic E-state index is 5.69. The first-order valence-corrected chi connectivity index (χ1v) is 6.38. The van der Waals surface area contributed by atoms with Crippen molar-refractivity contribution < 1.29 is 4.42 Å². The summed E-state index contributed by atoms with van der Waals surface area (Å²) in [6.07, 6.45) is 1.77. The normalized spacial score (nSPS) is 11.2. The third kappa shape index (κ3) is 1.55. The Morgan fingerprint density at radius 3 is 2.37 bits per heavy atom. The van der Waals surface area contributed by atoms with Crippen LogP contribution in [0.25, 0.3) is 32.9 Å². The molecule has 0 atom stereocenters. The first-order valence-electron chi connectivity index (χ1n) is 6.38. The molecule has 0 saturated carbocycles. The van der Waals surface area contributed by atoms with Crippen LogP contribution < -0.4 is 0 Å². The van der Waals surface area contributed by atoms with E-state index in [0.717, 1.165) is 5.58 Å². The predicted molar refractivity (Wildman–Crippen MR) is 79.2 cm³/mol. The lowest BCUT2D eigenvalue weighted by Gasteiger charge is -2.06. The van der Waals surface area contributed by atoms with E-state index in [1.807, 2.05) is 18.2 Å². The van der Waals surface area contributed by atoms with E-state index >= 15 is 0 Å². The molecule has 0 bridgehead atoms. The zero-order valence-corrected chi connectivity index (χ0v) is 10.3. The van der Waals surface area contributed by atoms with E-state index in [0.29, 0.717) is 0 Å². The van der Waals surface area contributed by atoms with E-state index in [1.165, 1.54) is 27.3 Å². The monoisotopic (exact) mass is 244 g/mol. The van der Waals surface area contributed by atoms with Crippen molar-refractivity contribution in [3.8, 4) is 11.1 Å². The maximum absolute atomic E-state index is 5.69. The third-order valence-corrected chi connectivity index (χ3v) is 3.55. The van der Waals surface area contributed by atoms with Crippen molar-refractivity contribution in [1.82, 2.24) is 0 Å². The zero-order valence-electron chi connectivity index (χ0n) is 10.3. The van der Waals surface area contributed by atoms with Gasteiger partial charge in [-0.3, -0.25) is 0 Å². The highest BCUT2D eigenvalue weighted by molar-refractivity contribution is 6.11. The molecule has 1 aromatic heterocycles. The van der Waals surface area contributed by atoms with Gasteiger partial charge in [-0.25, -0.2) is 0 Å². The maximum Gasteiger partial charge on any atom is 0.142 e. The van der Waals surface area contributed by atoms with Crippen LogP contribution in [0.5, 0.6) is 0 Å². The van der Waals surface area contributed by atoms with Gasteiger partial charge >= 0.3 is 0 Å². The summed E-state index contributed by atoms with van der Waals surface area (Å²) < 4.78 is 5.69. The van der Waals surface area contributed by atoms with E-state index in [4.69, 9.17) is 4.42 Å². The second-order valence-electron chi connectivity index (χ2n) is 4.67. The molecule has 90 valence electrons. The molecule has 0 radical (unpaired) electrons. The summed E-state index contributed by atoms with van der Waals surface area (Å²) in [6.45, 7) is 0. The van der Waals surface area contributed by atoms with Crippen molar-refractivity contribution in [2.24, 2.45) is 0 Å². The third-order valence-electron chi connectivity index (χ3n) is 3.55. The van der Waals surface area contributed by atoms with Crippen molar-refractivity contribution in [2.45, 2.75) is 0 Å². The van der Waals surface area contributed by atoms with Crippen molar-refractivity contribution in [1.29, 1.82) is 0 Å². The summed E-state index contributed by atoms with van der Waals surface area (Å²) in [4.78, 5) is 0. The Morgan fingerprint density at radius 1 is 0.684 bits per heavy atom. The van der Waals surface area contributed by atoms with Crippen molar-refractivity contribution in [3.05, 3.63) is 73.0 Å². The fourth-order valence-electron chi connectivity index (χ4n) is 2.65.